The monoisotopic (exact) mass is 272 g/mol. The first-order valence-electron chi connectivity index (χ1n) is 5.98. The second kappa shape index (κ2) is 5.72. The molecule has 1 aliphatic rings. The zero-order valence-corrected chi connectivity index (χ0v) is 11.6. The van der Waals surface area contributed by atoms with Crippen LogP contribution in [0.1, 0.15) is 20.3 Å². The van der Waals surface area contributed by atoms with Crippen LogP contribution in [0.25, 0.3) is 0 Å². The number of rotatable bonds is 4. The van der Waals surface area contributed by atoms with E-state index in [4.69, 9.17) is 12.2 Å². The third kappa shape index (κ3) is 3.47. The van der Waals surface area contributed by atoms with Gasteiger partial charge in [-0.15, -0.1) is 6.42 Å². The molecular formula is C12H20N2O3S. The van der Waals surface area contributed by atoms with Crippen LogP contribution in [0.15, 0.2) is 0 Å². The molecule has 0 spiro atoms. The van der Waals surface area contributed by atoms with Crippen molar-refractivity contribution in [3.63, 3.8) is 0 Å². The topological polar surface area (TPSA) is 80.5 Å². The Kier molecular flexibility index (Phi) is 4.77. The van der Waals surface area contributed by atoms with Gasteiger partial charge in [-0.25, -0.2) is 8.42 Å². The van der Waals surface area contributed by atoms with Crippen molar-refractivity contribution >= 4 is 15.7 Å². The van der Waals surface area contributed by atoms with Gasteiger partial charge in [0.25, 0.3) is 0 Å². The summed E-state index contributed by atoms with van der Waals surface area (Å²) in [6.45, 7) is 3.81. The van der Waals surface area contributed by atoms with Gasteiger partial charge in [0.2, 0.25) is 5.91 Å². The van der Waals surface area contributed by atoms with Crippen molar-refractivity contribution in [3.05, 3.63) is 0 Å². The molecule has 2 atom stereocenters. The molecule has 0 aromatic heterocycles. The molecule has 0 aliphatic carbocycles. The highest BCUT2D eigenvalue weighted by molar-refractivity contribution is 7.91. The van der Waals surface area contributed by atoms with Gasteiger partial charge in [0.15, 0.2) is 9.84 Å². The van der Waals surface area contributed by atoms with E-state index in [0.29, 0.717) is 6.42 Å². The fraction of sp³-hybridized carbons (Fsp3) is 0.750. The lowest BCUT2D eigenvalue weighted by Gasteiger charge is -2.30. The first-order valence-corrected chi connectivity index (χ1v) is 7.80. The molecule has 2 N–H and O–H groups in total. The molecule has 0 saturated carbocycles. The van der Waals surface area contributed by atoms with E-state index in [0.717, 1.165) is 0 Å². The Balaban J connectivity index is 2.84. The number of carbonyl (C=O) groups is 1. The van der Waals surface area contributed by atoms with Gasteiger partial charge in [0.05, 0.1) is 24.1 Å². The van der Waals surface area contributed by atoms with Crippen LogP contribution in [0.5, 0.6) is 0 Å². The molecule has 102 valence electrons. The summed E-state index contributed by atoms with van der Waals surface area (Å²) >= 11 is 0. The lowest BCUT2D eigenvalue weighted by atomic mass is 10.0. The molecule has 1 fully saturated rings. The van der Waals surface area contributed by atoms with Crippen LogP contribution >= 0.6 is 0 Å². The molecule has 0 bridgehead atoms. The van der Waals surface area contributed by atoms with Crippen molar-refractivity contribution < 1.29 is 13.2 Å². The molecule has 5 nitrogen and oxygen atoms in total. The van der Waals surface area contributed by atoms with Crippen molar-refractivity contribution in [1.29, 1.82) is 0 Å². The Morgan fingerprint density at radius 3 is 2.56 bits per heavy atom. The van der Waals surface area contributed by atoms with Crippen molar-refractivity contribution in [2.45, 2.75) is 32.4 Å². The van der Waals surface area contributed by atoms with Crippen molar-refractivity contribution in [3.8, 4) is 12.3 Å². The van der Waals surface area contributed by atoms with E-state index < -0.39 is 15.9 Å². The summed E-state index contributed by atoms with van der Waals surface area (Å²) in [7, 11) is -3.04. The van der Waals surface area contributed by atoms with Crippen LogP contribution < -0.4 is 5.73 Å². The highest BCUT2D eigenvalue weighted by atomic mass is 32.2. The molecule has 0 aromatic rings. The summed E-state index contributed by atoms with van der Waals surface area (Å²) < 4.78 is 22.9. The molecule has 1 aliphatic heterocycles. The van der Waals surface area contributed by atoms with Crippen LogP contribution in [-0.2, 0) is 14.6 Å². The molecule has 1 amide bonds. The molecule has 1 rings (SSSR count). The molecule has 0 aromatic carbocycles. The quantitative estimate of drug-likeness (QED) is 0.707. The van der Waals surface area contributed by atoms with Gasteiger partial charge in [0, 0.05) is 6.04 Å². The van der Waals surface area contributed by atoms with E-state index in [9.17, 15) is 13.2 Å². The van der Waals surface area contributed by atoms with Gasteiger partial charge in [-0.1, -0.05) is 19.8 Å². The number of terminal acetylenes is 1. The number of nitrogens with two attached hydrogens (primary N) is 1. The minimum absolute atomic E-state index is 0.00390. The Hall–Kier alpha value is -1.06. The van der Waals surface area contributed by atoms with Gasteiger partial charge in [-0.2, -0.15) is 0 Å². The number of sulfone groups is 1. The van der Waals surface area contributed by atoms with Crippen LogP contribution in [0.4, 0.5) is 0 Å². The van der Waals surface area contributed by atoms with Crippen LogP contribution in [-0.4, -0.2) is 49.4 Å². The van der Waals surface area contributed by atoms with Crippen molar-refractivity contribution in [2.24, 2.45) is 11.7 Å². The van der Waals surface area contributed by atoms with Crippen LogP contribution in [0.2, 0.25) is 0 Å². The third-order valence-electron chi connectivity index (χ3n) is 3.20. The van der Waals surface area contributed by atoms with E-state index >= 15 is 0 Å². The summed E-state index contributed by atoms with van der Waals surface area (Å²) in [5, 5.41) is 0. The average molecular weight is 272 g/mol. The fourth-order valence-corrected chi connectivity index (χ4v) is 3.71. The maximum absolute atomic E-state index is 12.2. The number of nitrogens with zero attached hydrogens (tertiary/aromatic N) is 1. The van der Waals surface area contributed by atoms with Crippen molar-refractivity contribution in [1.82, 2.24) is 4.90 Å². The fourth-order valence-electron chi connectivity index (χ4n) is 1.98. The van der Waals surface area contributed by atoms with Gasteiger partial charge in [0.1, 0.15) is 0 Å². The van der Waals surface area contributed by atoms with Gasteiger partial charge in [-0.3, -0.25) is 4.79 Å². The van der Waals surface area contributed by atoms with Gasteiger partial charge in [-0.05, 0) is 12.3 Å². The van der Waals surface area contributed by atoms with Crippen LogP contribution in [0.3, 0.4) is 0 Å². The molecule has 1 heterocycles. The van der Waals surface area contributed by atoms with Crippen LogP contribution in [0, 0.1) is 18.3 Å². The summed E-state index contributed by atoms with van der Waals surface area (Å²) in [6.07, 6.45) is 5.69. The maximum atomic E-state index is 12.2. The summed E-state index contributed by atoms with van der Waals surface area (Å²) in [5.74, 6) is 2.24. The number of hydrogen-bond donors (Lipinski definition) is 1. The SMILES string of the molecule is C#CCN(C(=O)[C@H](N)C(C)C)C1CCS(=O)(=O)C1. The number of amides is 1. The first-order chi connectivity index (χ1) is 8.28. The Bertz CT molecular complexity index is 450. The van der Waals surface area contributed by atoms with E-state index in [1.165, 1.54) is 4.90 Å². The zero-order chi connectivity index (χ0) is 13.9. The Morgan fingerprint density at radius 1 is 1.56 bits per heavy atom. The largest absolute Gasteiger partial charge is 0.326 e. The molecule has 6 heteroatoms. The molecular weight excluding hydrogens is 252 g/mol. The smallest absolute Gasteiger partial charge is 0.240 e. The molecule has 18 heavy (non-hydrogen) atoms. The van der Waals surface area contributed by atoms with E-state index in [-0.39, 0.29) is 35.9 Å². The van der Waals surface area contributed by atoms with Gasteiger partial charge >= 0.3 is 0 Å². The Morgan fingerprint density at radius 2 is 2.17 bits per heavy atom. The lowest BCUT2D eigenvalue weighted by molar-refractivity contribution is -0.134. The Labute approximate surface area is 109 Å². The second-order valence-electron chi connectivity index (χ2n) is 5.00. The molecule has 1 unspecified atom stereocenters. The number of hydrogen-bond acceptors (Lipinski definition) is 4. The summed E-state index contributed by atoms with van der Waals surface area (Å²) in [6, 6.07) is -0.968. The minimum atomic E-state index is -3.04. The van der Waals surface area contributed by atoms with E-state index in [1.54, 1.807) is 0 Å². The predicted octanol–water partition coefficient (Wildman–Crippen LogP) is -0.381. The minimum Gasteiger partial charge on any atom is -0.326 e. The standard InChI is InChI=1S/C12H20N2O3S/c1-4-6-14(12(15)11(13)9(2)3)10-5-7-18(16,17)8-10/h1,9-11H,5-8,13H2,2-3H3/t10?,11-/m1/s1. The average Bonchev–Trinajstić information content (AvgIpc) is 2.64. The lowest BCUT2D eigenvalue weighted by Crippen LogP contribution is -2.51. The summed E-state index contributed by atoms with van der Waals surface area (Å²) in [5.41, 5.74) is 5.82. The summed E-state index contributed by atoms with van der Waals surface area (Å²) in [4.78, 5) is 13.6. The molecule has 0 radical (unpaired) electrons. The van der Waals surface area contributed by atoms with Crippen molar-refractivity contribution in [2.75, 3.05) is 18.1 Å². The van der Waals surface area contributed by atoms with Gasteiger partial charge < -0.3 is 10.6 Å². The van der Waals surface area contributed by atoms with E-state index in [2.05, 4.69) is 5.92 Å². The van der Waals surface area contributed by atoms with E-state index in [1.807, 2.05) is 13.8 Å². The first kappa shape index (κ1) is 15.0. The predicted molar refractivity (Wildman–Crippen MR) is 70.4 cm³/mol. The third-order valence-corrected chi connectivity index (χ3v) is 4.95. The second-order valence-corrected chi connectivity index (χ2v) is 7.23. The maximum Gasteiger partial charge on any atom is 0.240 e. The highest BCUT2D eigenvalue weighted by Gasteiger charge is 2.36. The highest BCUT2D eigenvalue weighted by Crippen LogP contribution is 2.19. The normalized spacial score (nSPS) is 23.6. The zero-order valence-electron chi connectivity index (χ0n) is 10.8. The molecule has 1 saturated heterocycles. The number of carbonyl (C=O) groups excluding carboxylic acids is 1.